The van der Waals surface area contributed by atoms with Gasteiger partial charge in [-0.1, -0.05) is 13.8 Å². The lowest BCUT2D eigenvalue weighted by Crippen LogP contribution is -2.38. The lowest BCUT2D eigenvalue weighted by atomic mass is 9.83. The Kier molecular flexibility index (Phi) is 3.38. The van der Waals surface area contributed by atoms with Crippen molar-refractivity contribution in [2.45, 2.75) is 26.7 Å². The molecule has 1 fully saturated rings. The lowest BCUT2D eigenvalue weighted by molar-refractivity contribution is -0.384. The third-order valence-corrected chi connectivity index (χ3v) is 3.52. The summed E-state index contributed by atoms with van der Waals surface area (Å²) >= 11 is 5.73. The summed E-state index contributed by atoms with van der Waals surface area (Å²) in [7, 11) is 0. The minimum Gasteiger partial charge on any atom is -0.351 e. The van der Waals surface area contributed by atoms with Gasteiger partial charge in [-0.05, 0) is 29.9 Å². The average Bonchev–Trinajstić information content (AvgIpc) is 2.28. The highest BCUT2D eigenvalue weighted by molar-refractivity contribution is 6.28. The summed E-state index contributed by atoms with van der Waals surface area (Å²) in [6, 6.07) is 0. The molecule has 1 aromatic heterocycles. The molecule has 1 aliphatic rings. The zero-order valence-electron chi connectivity index (χ0n) is 10.4. The standard InChI is InChI=1S/C11H15ClN4O2/c1-11(2)3-5-15(6-4-11)9-8(16(17)18)7-13-10(12)14-9/h7H,3-6H2,1-2H3. The van der Waals surface area contributed by atoms with E-state index in [0.29, 0.717) is 5.82 Å². The molecule has 7 heteroatoms. The van der Waals surface area contributed by atoms with Gasteiger partial charge in [-0.25, -0.2) is 4.98 Å². The van der Waals surface area contributed by atoms with Crippen LogP contribution in [0.1, 0.15) is 26.7 Å². The molecule has 0 aliphatic carbocycles. The summed E-state index contributed by atoms with van der Waals surface area (Å²) in [4.78, 5) is 20.1. The second-order valence-corrected chi connectivity index (χ2v) is 5.59. The van der Waals surface area contributed by atoms with Gasteiger partial charge >= 0.3 is 5.69 Å². The average molecular weight is 271 g/mol. The smallest absolute Gasteiger partial charge is 0.329 e. The van der Waals surface area contributed by atoms with E-state index < -0.39 is 4.92 Å². The van der Waals surface area contributed by atoms with E-state index in [2.05, 4.69) is 23.8 Å². The van der Waals surface area contributed by atoms with Crippen molar-refractivity contribution in [3.05, 3.63) is 21.6 Å². The molecule has 1 aromatic rings. The molecule has 0 saturated carbocycles. The molecule has 0 aromatic carbocycles. The van der Waals surface area contributed by atoms with E-state index in [-0.39, 0.29) is 16.4 Å². The summed E-state index contributed by atoms with van der Waals surface area (Å²) in [5, 5.41) is 11.0. The van der Waals surface area contributed by atoms with Crippen molar-refractivity contribution in [2.75, 3.05) is 18.0 Å². The fourth-order valence-electron chi connectivity index (χ4n) is 2.03. The Morgan fingerprint density at radius 3 is 2.61 bits per heavy atom. The molecule has 0 unspecified atom stereocenters. The summed E-state index contributed by atoms with van der Waals surface area (Å²) in [5.41, 5.74) is 0.196. The van der Waals surface area contributed by atoms with Gasteiger partial charge in [0.25, 0.3) is 0 Å². The predicted molar refractivity (Wildman–Crippen MR) is 68.9 cm³/mol. The first-order chi connectivity index (χ1) is 8.39. The van der Waals surface area contributed by atoms with Gasteiger partial charge in [-0.2, -0.15) is 4.98 Å². The van der Waals surface area contributed by atoms with Crippen LogP contribution >= 0.6 is 11.6 Å². The number of anilines is 1. The number of rotatable bonds is 2. The number of piperidine rings is 1. The van der Waals surface area contributed by atoms with E-state index >= 15 is 0 Å². The lowest BCUT2D eigenvalue weighted by Gasteiger charge is -2.37. The maximum absolute atomic E-state index is 11.0. The van der Waals surface area contributed by atoms with Gasteiger partial charge in [-0.3, -0.25) is 10.1 Å². The zero-order valence-corrected chi connectivity index (χ0v) is 11.1. The molecule has 18 heavy (non-hydrogen) atoms. The number of nitro groups is 1. The van der Waals surface area contributed by atoms with Crippen molar-refractivity contribution >= 4 is 23.1 Å². The molecule has 2 rings (SSSR count). The van der Waals surface area contributed by atoms with Crippen LogP contribution in [0, 0.1) is 15.5 Å². The fraction of sp³-hybridized carbons (Fsp3) is 0.636. The van der Waals surface area contributed by atoms with Crippen LogP contribution in [0.15, 0.2) is 6.20 Å². The summed E-state index contributed by atoms with van der Waals surface area (Å²) < 4.78 is 0. The van der Waals surface area contributed by atoms with Crippen molar-refractivity contribution in [3.63, 3.8) is 0 Å². The van der Waals surface area contributed by atoms with Crippen LogP contribution in [-0.4, -0.2) is 28.0 Å². The first-order valence-electron chi connectivity index (χ1n) is 5.81. The minimum atomic E-state index is -0.467. The molecule has 1 aliphatic heterocycles. The van der Waals surface area contributed by atoms with Crippen LogP contribution in [0.3, 0.4) is 0 Å². The van der Waals surface area contributed by atoms with Crippen molar-refractivity contribution in [1.82, 2.24) is 9.97 Å². The molecule has 0 bridgehead atoms. The van der Waals surface area contributed by atoms with Gasteiger partial charge in [-0.15, -0.1) is 0 Å². The van der Waals surface area contributed by atoms with Crippen LogP contribution in [0.25, 0.3) is 0 Å². The molecular weight excluding hydrogens is 256 g/mol. The first kappa shape index (κ1) is 13.0. The third-order valence-electron chi connectivity index (χ3n) is 3.33. The van der Waals surface area contributed by atoms with E-state index in [1.807, 2.05) is 4.90 Å². The Bertz CT molecular complexity index is 468. The summed E-state index contributed by atoms with van der Waals surface area (Å²) in [5.74, 6) is 0.329. The van der Waals surface area contributed by atoms with Gasteiger partial charge in [0.15, 0.2) is 0 Å². The van der Waals surface area contributed by atoms with Gasteiger partial charge in [0, 0.05) is 13.1 Å². The van der Waals surface area contributed by atoms with Gasteiger partial charge in [0.05, 0.1) is 4.92 Å². The highest BCUT2D eigenvalue weighted by Crippen LogP contribution is 2.34. The molecule has 0 radical (unpaired) electrons. The molecule has 0 amide bonds. The predicted octanol–water partition coefficient (Wildman–Crippen LogP) is 2.66. The Morgan fingerprint density at radius 2 is 2.06 bits per heavy atom. The Morgan fingerprint density at radius 1 is 1.44 bits per heavy atom. The van der Waals surface area contributed by atoms with Crippen molar-refractivity contribution in [2.24, 2.45) is 5.41 Å². The normalized spacial score (nSPS) is 18.7. The Labute approximate surface area is 110 Å². The van der Waals surface area contributed by atoms with E-state index in [4.69, 9.17) is 11.6 Å². The monoisotopic (exact) mass is 270 g/mol. The highest BCUT2D eigenvalue weighted by atomic mass is 35.5. The maximum Gasteiger partial charge on any atom is 0.329 e. The van der Waals surface area contributed by atoms with Crippen molar-refractivity contribution in [1.29, 1.82) is 0 Å². The van der Waals surface area contributed by atoms with Gasteiger partial charge in [0.2, 0.25) is 11.1 Å². The molecule has 1 saturated heterocycles. The van der Waals surface area contributed by atoms with Crippen LogP contribution < -0.4 is 4.90 Å². The SMILES string of the molecule is CC1(C)CCN(c2nc(Cl)ncc2[N+](=O)[O-])CC1. The molecular formula is C11H15ClN4O2. The Balaban J connectivity index is 2.28. The van der Waals surface area contributed by atoms with Gasteiger partial charge in [0.1, 0.15) is 6.20 Å². The van der Waals surface area contributed by atoms with Gasteiger partial charge < -0.3 is 4.90 Å². The van der Waals surface area contributed by atoms with E-state index in [1.165, 1.54) is 6.20 Å². The molecule has 98 valence electrons. The molecule has 0 spiro atoms. The Hall–Kier alpha value is -1.43. The topological polar surface area (TPSA) is 72.2 Å². The first-order valence-corrected chi connectivity index (χ1v) is 6.19. The number of hydrogen-bond donors (Lipinski definition) is 0. The van der Waals surface area contributed by atoms with E-state index in [0.717, 1.165) is 25.9 Å². The van der Waals surface area contributed by atoms with Crippen LogP contribution in [0.2, 0.25) is 5.28 Å². The molecule has 0 N–H and O–H groups in total. The minimum absolute atomic E-state index is 0.0421. The zero-order chi connectivity index (χ0) is 13.3. The molecule has 6 nitrogen and oxygen atoms in total. The number of halogens is 1. The number of aromatic nitrogens is 2. The van der Waals surface area contributed by atoms with Crippen LogP contribution in [0.5, 0.6) is 0 Å². The van der Waals surface area contributed by atoms with E-state index in [1.54, 1.807) is 0 Å². The second-order valence-electron chi connectivity index (χ2n) is 5.26. The number of nitrogens with zero attached hydrogens (tertiary/aromatic N) is 4. The largest absolute Gasteiger partial charge is 0.351 e. The van der Waals surface area contributed by atoms with E-state index in [9.17, 15) is 10.1 Å². The molecule has 0 atom stereocenters. The highest BCUT2D eigenvalue weighted by Gasteiger charge is 2.30. The number of hydrogen-bond acceptors (Lipinski definition) is 5. The summed E-state index contributed by atoms with van der Waals surface area (Å²) in [6.45, 7) is 5.90. The third kappa shape index (κ3) is 2.69. The van der Waals surface area contributed by atoms with Crippen LogP contribution in [-0.2, 0) is 0 Å². The van der Waals surface area contributed by atoms with Crippen molar-refractivity contribution in [3.8, 4) is 0 Å². The maximum atomic E-state index is 11.0. The van der Waals surface area contributed by atoms with Crippen LogP contribution in [0.4, 0.5) is 11.5 Å². The quantitative estimate of drug-likeness (QED) is 0.469. The second kappa shape index (κ2) is 4.68. The fourth-order valence-corrected chi connectivity index (χ4v) is 2.16. The molecule has 2 heterocycles. The van der Waals surface area contributed by atoms with Crippen molar-refractivity contribution < 1.29 is 4.92 Å². The summed E-state index contributed by atoms with van der Waals surface area (Å²) in [6.07, 6.45) is 3.13.